The van der Waals surface area contributed by atoms with Gasteiger partial charge in [0.05, 0.1) is 11.4 Å². The second-order valence-electron chi connectivity index (χ2n) is 10.6. The monoisotopic (exact) mass is 584 g/mol. The number of nitrogens with zero attached hydrogens (tertiary/aromatic N) is 4. The fourth-order valence-electron chi connectivity index (χ4n) is 2.37. The minimum Gasteiger partial charge on any atom is -0.310 e. The molecule has 0 fully saturated rings. The third-order valence-corrected chi connectivity index (χ3v) is 4.16. The number of nitrogens with one attached hydrogen (secondary N) is 3. The highest BCUT2D eigenvalue weighted by molar-refractivity contribution is 5.07. The summed E-state index contributed by atoms with van der Waals surface area (Å²) in [6.07, 6.45) is 14.4. The smallest absolute Gasteiger partial charge is 0.0724 e. The molecule has 7 nitrogen and oxygen atoms in total. The van der Waals surface area contributed by atoms with Crippen LogP contribution in [0.5, 0.6) is 0 Å². The van der Waals surface area contributed by atoms with Crippen LogP contribution in [0.1, 0.15) is 119 Å². The van der Waals surface area contributed by atoms with E-state index >= 15 is 0 Å². The van der Waals surface area contributed by atoms with Gasteiger partial charge in [-0.2, -0.15) is 0 Å². The Kier molecular flexibility index (Phi) is 35.9. The zero-order chi connectivity index (χ0) is 32.4. The minimum atomic E-state index is 0.497. The van der Waals surface area contributed by atoms with Crippen molar-refractivity contribution >= 4 is 0 Å². The average Bonchev–Trinajstić information content (AvgIpc) is 2.97. The molecule has 3 rings (SSSR count). The SMILES string of the molecule is CC(C)NCc1ccccn1.CC(C)NCc1cccnc1.CC(C)NCc1cnccn1.CCC.CCC.CCC. The molecule has 0 aliphatic heterocycles. The maximum absolute atomic E-state index is 4.19. The minimum absolute atomic E-state index is 0.497. The molecule has 0 aliphatic rings. The first-order valence-corrected chi connectivity index (χ1v) is 15.8. The highest BCUT2D eigenvalue weighted by Crippen LogP contribution is 1.95. The average molecular weight is 584 g/mol. The number of pyridine rings is 2. The van der Waals surface area contributed by atoms with Gasteiger partial charge in [0.15, 0.2) is 0 Å². The van der Waals surface area contributed by atoms with Crippen molar-refractivity contribution in [2.45, 2.75) is 140 Å². The summed E-state index contributed by atoms with van der Waals surface area (Å²) in [5, 5.41) is 9.88. The molecule has 3 heterocycles. The van der Waals surface area contributed by atoms with E-state index in [0.717, 1.165) is 31.0 Å². The van der Waals surface area contributed by atoms with Crippen LogP contribution in [0, 0.1) is 0 Å². The largest absolute Gasteiger partial charge is 0.310 e. The first-order chi connectivity index (χ1) is 20.1. The van der Waals surface area contributed by atoms with Crippen molar-refractivity contribution in [1.82, 2.24) is 35.9 Å². The maximum Gasteiger partial charge on any atom is 0.0724 e. The van der Waals surface area contributed by atoms with E-state index in [1.165, 1.54) is 24.8 Å². The fourth-order valence-corrected chi connectivity index (χ4v) is 2.37. The van der Waals surface area contributed by atoms with Crippen LogP contribution < -0.4 is 16.0 Å². The lowest BCUT2D eigenvalue weighted by atomic mass is 10.2. The lowest BCUT2D eigenvalue weighted by Crippen LogP contribution is -2.22. The third-order valence-electron chi connectivity index (χ3n) is 4.16. The van der Waals surface area contributed by atoms with Gasteiger partial charge in [-0.1, -0.05) is 114 Å². The van der Waals surface area contributed by atoms with Crippen molar-refractivity contribution in [1.29, 1.82) is 0 Å². The zero-order valence-electron chi connectivity index (χ0n) is 29.1. The standard InChI is InChI=1S/2C9H14N2.C8H13N3.3C3H8/c1-8(2)11-7-9-4-3-5-10-6-9;1-8(2)11-7-9-5-3-4-6-10-9;1-7(2)11-6-8-5-9-3-4-10-8;3*1-3-2/h2*3-6,8,11H,7H2,1-2H3;3-5,7,11H,6H2,1-2H3;3*3H2,1-2H3. The molecule has 0 aliphatic carbocycles. The Morgan fingerprint density at radius 1 is 0.500 bits per heavy atom. The van der Waals surface area contributed by atoms with Gasteiger partial charge >= 0.3 is 0 Å². The Balaban J connectivity index is -0.000000475. The quantitative estimate of drug-likeness (QED) is 0.233. The molecule has 3 aromatic rings. The van der Waals surface area contributed by atoms with Crippen molar-refractivity contribution in [3.63, 3.8) is 0 Å². The number of rotatable bonds is 9. The van der Waals surface area contributed by atoms with Crippen LogP contribution in [0.15, 0.2) is 67.5 Å². The second kappa shape index (κ2) is 34.5. The van der Waals surface area contributed by atoms with Gasteiger partial charge in [0, 0.05) is 74.9 Å². The molecule has 0 aromatic carbocycles. The second-order valence-corrected chi connectivity index (χ2v) is 10.6. The Bertz CT molecular complexity index is 741. The number of hydrogen-bond donors (Lipinski definition) is 3. The van der Waals surface area contributed by atoms with Crippen LogP contribution in [0.25, 0.3) is 0 Å². The van der Waals surface area contributed by atoms with Gasteiger partial charge in [0.1, 0.15) is 0 Å². The molecule has 0 bridgehead atoms. The molecule has 0 saturated heterocycles. The predicted octanol–water partition coefficient (Wildman–Crippen LogP) is 8.38. The lowest BCUT2D eigenvalue weighted by molar-refractivity contribution is 0.580. The molecule has 3 N–H and O–H groups in total. The molecule has 0 atom stereocenters. The van der Waals surface area contributed by atoms with Crippen molar-refractivity contribution in [3.8, 4) is 0 Å². The molecule has 240 valence electrons. The molecule has 3 aromatic heterocycles. The van der Waals surface area contributed by atoms with Gasteiger partial charge in [0.2, 0.25) is 0 Å². The molecule has 0 unspecified atom stereocenters. The topological polar surface area (TPSA) is 87.7 Å². The lowest BCUT2D eigenvalue weighted by Gasteiger charge is -2.06. The van der Waals surface area contributed by atoms with E-state index in [4.69, 9.17) is 0 Å². The van der Waals surface area contributed by atoms with Gasteiger partial charge in [-0.25, -0.2) is 0 Å². The first kappa shape index (κ1) is 43.7. The van der Waals surface area contributed by atoms with E-state index in [0.29, 0.717) is 18.1 Å². The fraction of sp³-hybridized carbons (Fsp3) is 0.600. The molecule has 0 spiro atoms. The normalized spacial score (nSPS) is 9.50. The van der Waals surface area contributed by atoms with E-state index < -0.39 is 0 Å². The van der Waals surface area contributed by atoms with Gasteiger partial charge in [-0.3, -0.25) is 19.9 Å². The van der Waals surface area contributed by atoms with Crippen LogP contribution in [0.2, 0.25) is 0 Å². The highest BCUT2D eigenvalue weighted by Gasteiger charge is 1.95. The summed E-state index contributed by atoms with van der Waals surface area (Å²) in [6.45, 7) is 28.1. The molecule has 7 heteroatoms. The maximum atomic E-state index is 4.19. The highest BCUT2D eigenvalue weighted by atomic mass is 14.9. The summed E-state index contributed by atoms with van der Waals surface area (Å²) in [5.41, 5.74) is 3.32. The molecule has 0 saturated carbocycles. The summed E-state index contributed by atoms with van der Waals surface area (Å²) in [7, 11) is 0. The Labute approximate surface area is 260 Å². The number of aromatic nitrogens is 4. The Morgan fingerprint density at radius 2 is 0.976 bits per heavy atom. The van der Waals surface area contributed by atoms with Crippen LogP contribution in [-0.4, -0.2) is 38.1 Å². The van der Waals surface area contributed by atoms with Crippen LogP contribution in [0.3, 0.4) is 0 Å². The predicted molar refractivity (Wildman–Crippen MR) is 184 cm³/mol. The van der Waals surface area contributed by atoms with Gasteiger partial charge in [-0.05, 0) is 23.8 Å². The van der Waals surface area contributed by atoms with E-state index in [-0.39, 0.29) is 0 Å². The number of hydrogen-bond acceptors (Lipinski definition) is 7. The first-order valence-electron chi connectivity index (χ1n) is 15.8. The summed E-state index contributed by atoms with van der Waals surface area (Å²) in [4.78, 5) is 16.3. The molecule has 0 radical (unpaired) electrons. The van der Waals surface area contributed by atoms with E-state index in [2.05, 4.69) is 125 Å². The summed E-state index contributed by atoms with van der Waals surface area (Å²) >= 11 is 0. The van der Waals surface area contributed by atoms with E-state index in [1.54, 1.807) is 24.8 Å². The molecular formula is C35H65N7. The van der Waals surface area contributed by atoms with Crippen LogP contribution >= 0.6 is 0 Å². The summed E-state index contributed by atoms with van der Waals surface area (Å²) < 4.78 is 0. The Morgan fingerprint density at radius 3 is 1.38 bits per heavy atom. The zero-order valence-corrected chi connectivity index (χ0v) is 29.1. The van der Waals surface area contributed by atoms with Crippen LogP contribution in [-0.2, 0) is 19.6 Å². The summed E-state index contributed by atoms with van der Waals surface area (Å²) in [5.74, 6) is 0. The van der Waals surface area contributed by atoms with E-state index in [9.17, 15) is 0 Å². The molecule has 0 amide bonds. The van der Waals surface area contributed by atoms with Crippen molar-refractivity contribution < 1.29 is 0 Å². The van der Waals surface area contributed by atoms with Gasteiger partial charge < -0.3 is 16.0 Å². The molecular weight excluding hydrogens is 518 g/mol. The summed E-state index contributed by atoms with van der Waals surface area (Å²) in [6, 6.07) is 11.5. The Hall–Kier alpha value is -2.74. The van der Waals surface area contributed by atoms with E-state index in [1.807, 2.05) is 36.7 Å². The third kappa shape index (κ3) is 37.3. The van der Waals surface area contributed by atoms with Gasteiger partial charge in [0.25, 0.3) is 0 Å². The molecule has 42 heavy (non-hydrogen) atoms. The van der Waals surface area contributed by atoms with Crippen molar-refractivity contribution in [2.75, 3.05) is 0 Å². The van der Waals surface area contributed by atoms with Crippen molar-refractivity contribution in [3.05, 3.63) is 84.5 Å². The van der Waals surface area contributed by atoms with Gasteiger partial charge in [-0.15, -0.1) is 0 Å². The van der Waals surface area contributed by atoms with Crippen molar-refractivity contribution in [2.24, 2.45) is 0 Å². The van der Waals surface area contributed by atoms with Crippen LogP contribution in [0.4, 0.5) is 0 Å².